The normalized spacial score (nSPS) is 12.1. The van der Waals surface area contributed by atoms with Crippen LogP contribution in [0.2, 0.25) is 0 Å². The van der Waals surface area contributed by atoms with Crippen LogP contribution in [-0.4, -0.2) is 28.1 Å². The molecule has 0 unspecified atom stereocenters. The third-order valence-corrected chi connectivity index (χ3v) is 5.27. The molecule has 0 bridgehead atoms. The van der Waals surface area contributed by atoms with Crippen molar-refractivity contribution in [1.82, 2.24) is 10.6 Å². The highest BCUT2D eigenvalue weighted by atomic mass is 35.6. The molecule has 34 heavy (non-hydrogen) atoms. The van der Waals surface area contributed by atoms with Gasteiger partial charge in [-0.2, -0.15) is 10.2 Å². The Morgan fingerprint density at radius 3 is 2.03 bits per heavy atom. The molecule has 3 aromatic carbocycles. The summed E-state index contributed by atoms with van der Waals surface area (Å²) in [6.07, 6.45) is -1.11. The lowest BCUT2D eigenvalue weighted by Crippen LogP contribution is -2.56. The van der Waals surface area contributed by atoms with E-state index < -0.39 is 15.9 Å². The highest BCUT2D eigenvalue weighted by molar-refractivity contribution is 7.80. The molecule has 0 saturated carbocycles. The maximum absolute atomic E-state index is 12.6. The Labute approximate surface area is 217 Å². The van der Waals surface area contributed by atoms with Crippen LogP contribution in [-0.2, 0) is 0 Å². The Kier molecular flexibility index (Phi) is 9.06. The van der Waals surface area contributed by atoms with Crippen LogP contribution in [0.4, 0.5) is 17.1 Å². The minimum atomic E-state index is -1.88. The maximum Gasteiger partial charge on any atom is 0.252 e. The molecule has 0 radical (unpaired) electrons. The molecule has 176 valence electrons. The molecule has 0 fully saturated rings. The molecule has 0 saturated heterocycles. The van der Waals surface area contributed by atoms with Gasteiger partial charge in [-0.15, -0.1) is 0 Å². The first-order chi connectivity index (χ1) is 16.2. The van der Waals surface area contributed by atoms with Crippen molar-refractivity contribution in [2.75, 3.05) is 12.4 Å². The second kappa shape index (κ2) is 12.0. The molecule has 0 aliphatic heterocycles. The van der Waals surface area contributed by atoms with Crippen LogP contribution >= 0.6 is 47.0 Å². The summed E-state index contributed by atoms with van der Waals surface area (Å²) < 4.78 is 3.21. The highest BCUT2D eigenvalue weighted by Gasteiger charge is 2.34. The molecular weight excluding hydrogens is 517 g/mol. The van der Waals surface area contributed by atoms with E-state index in [4.69, 9.17) is 51.8 Å². The molecule has 1 atom stereocenters. The number of alkyl halides is 3. The van der Waals surface area contributed by atoms with Crippen LogP contribution in [0.3, 0.4) is 0 Å². The zero-order valence-corrected chi connectivity index (χ0v) is 20.9. The van der Waals surface area contributed by atoms with Gasteiger partial charge in [0.1, 0.15) is 11.9 Å². The van der Waals surface area contributed by atoms with E-state index in [1.807, 2.05) is 30.3 Å². The van der Waals surface area contributed by atoms with Crippen molar-refractivity contribution in [2.24, 2.45) is 10.2 Å². The number of methoxy groups -OCH3 is 1. The number of anilines is 1. The molecule has 0 aliphatic rings. The number of azo groups is 1. The first-order valence-corrected chi connectivity index (χ1v) is 11.4. The number of nitrogens with one attached hydrogen (secondary N) is 3. The van der Waals surface area contributed by atoms with Crippen molar-refractivity contribution >= 4 is 75.1 Å². The summed E-state index contributed by atoms with van der Waals surface area (Å²) in [7, 11) is 1.54. The minimum Gasteiger partial charge on any atom is -0.497 e. The zero-order valence-electron chi connectivity index (χ0n) is 17.8. The van der Waals surface area contributed by atoms with Crippen molar-refractivity contribution in [1.29, 1.82) is 0 Å². The van der Waals surface area contributed by atoms with Crippen LogP contribution in [0, 0.1) is 0 Å². The predicted molar refractivity (Wildman–Crippen MR) is 141 cm³/mol. The molecule has 3 N–H and O–H groups in total. The molecule has 0 aliphatic carbocycles. The molecule has 3 rings (SSSR count). The van der Waals surface area contributed by atoms with E-state index >= 15 is 0 Å². The largest absolute Gasteiger partial charge is 0.497 e. The Hall–Kier alpha value is -2.91. The summed E-state index contributed by atoms with van der Waals surface area (Å²) in [4.78, 5) is 12.6. The van der Waals surface area contributed by atoms with E-state index in [1.165, 1.54) is 7.11 Å². The average Bonchev–Trinajstić information content (AvgIpc) is 2.83. The van der Waals surface area contributed by atoms with Gasteiger partial charge in [-0.25, -0.2) is 0 Å². The average molecular weight is 537 g/mol. The zero-order chi connectivity index (χ0) is 24.6. The van der Waals surface area contributed by atoms with E-state index in [0.717, 1.165) is 5.69 Å². The van der Waals surface area contributed by atoms with Crippen LogP contribution in [0.1, 0.15) is 10.4 Å². The Morgan fingerprint density at radius 2 is 1.47 bits per heavy atom. The number of nitrogens with zero attached hydrogens (tertiary/aromatic N) is 2. The lowest BCUT2D eigenvalue weighted by atomic mass is 10.2. The van der Waals surface area contributed by atoms with Gasteiger partial charge in [0.25, 0.3) is 5.91 Å². The highest BCUT2D eigenvalue weighted by Crippen LogP contribution is 2.29. The van der Waals surface area contributed by atoms with Gasteiger partial charge in [0.2, 0.25) is 3.79 Å². The minimum absolute atomic E-state index is 0.144. The van der Waals surface area contributed by atoms with E-state index in [9.17, 15) is 4.79 Å². The molecule has 3 aromatic rings. The number of carbonyl (C=O) groups excluding carboxylic acids is 1. The summed E-state index contributed by atoms with van der Waals surface area (Å²) in [5, 5.41) is 16.9. The van der Waals surface area contributed by atoms with Gasteiger partial charge in [0.05, 0.1) is 18.5 Å². The van der Waals surface area contributed by atoms with Crippen LogP contribution in [0.5, 0.6) is 5.75 Å². The van der Waals surface area contributed by atoms with Crippen LogP contribution < -0.4 is 20.7 Å². The van der Waals surface area contributed by atoms with Gasteiger partial charge in [0.15, 0.2) is 5.11 Å². The van der Waals surface area contributed by atoms with E-state index in [-0.39, 0.29) is 5.11 Å². The van der Waals surface area contributed by atoms with Gasteiger partial charge in [-0.1, -0.05) is 53.0 Å². The fraction of sp³-hybridized carbons (Fsp3) is 0.130. The van der Waals surface area contributed by atoms with Gasteiger partial charge in [-0.05, 0) is 72.9 Å². The van der Waals surface area contributed by atoms with Crippen LogP contribution in [0.25, 0.3) is 0 Å². The summed E-state index contributed by atoms with van der Waals surface area (Å²) in [6.45, 7) is 0. The number of ether oxygens (including phenoxy) is 1. The third kappa shape index (κ3) is 7.85. The summed E-state index contributed by atoms with van der Waals surface area (Å²) in [5.74, 6) is 0.160. The molecule has 11 heteroatoms. The second-order valence-corrected chi connectivity index (χ2v) is 9.63. The molecule has 7 nitrogen and oxygen atoms in total. The number of thiocarbonyl (C=S) groups is 1. The quantitative estimate of drug-likeness (QED) is 0.138. The fourth-order valence-electron chi connectivity index (χ4n) is 2.68. The third-order valence-electron chi connectivity index (χ3n) is 4.39. The summed E-state index contributed by atoms with van der Waals surface area (Å²) in [6, 6.07) is 23.0. The summed E-state index contributed by atoms with van der Waals surface area (Å²) >= 11 is 23.5. The van der Waals surface area contributed by atoms with Crippen molar-refractivity contribution in [3.8, 4) is 5.75 Å². The first kappa shape index (κ1) is 25.7. The number of amides is 1. The molecule has 0 heterocycles. The standard InChI is InChI=1S/C23H20Cl3N5O2S/c1-33-19-13-7-15(8-14-19)20(32)28-21(23(24,25)26)29-22(34)27-16-9-11-18(12-10-16)31-30-17-5-3-2-4-6-17/h2-14,21H,1H3,(H,28,32)(H2,27,29,34)/t21-/m0/s1. The monoisotopic (exact) mass is 535 g/mol. The number of halogens is 3. The number of rotatable bonds is 7. The van der Waals surface area contributed by atoms with Crippen LogP contribution in [0.15, 0.2) is 89.1 Å². The number of hydrogen-bond acceptors (Lipinski definition) is 5. The summed E-state index contributed by atoms with van der Waals surface area (Å²) in [5.41, 5.74) is 2.45. The number of hydrogen-bond donors (Lipinski definition) is 3. The van der Waals surface area contributed by atoms with Gasteiger partial charge in [0, 0.05) is 11.3 Å². The van der Waals surface area contributed by atoms with Crippen molar-refractivity contribution in [3.63, 3.8) is 0 Å². The van der Waals surface area contributed by atoms with Crippen molar-refractivity contribution in [2.45, 2.75) is 9.96 Å². The maximum atomic E-state index is 12.6. The number of carbonyl (C=O) groups is 1. The molecule has 1 amide bonds. The topological polar surface area (TPSA) is 87.1 Å². The molecule has 0 spiro atoms. The smallest absolute Gasteiger partial charge is 0.252 e. The number of benzene rings is 3. The SMILES string of the molecule is COc1ccc(C(=O)N[C@@H](NC(=S)Nc2ccc(N=Nc3ccccc3)cc2)C(Cl)(Cl)Cl)cc1. The van der Waals surface area contributed by atoms with E-state index in [0.29, 0.717) is 22.7 Å². The van der Waals surface area contributed by atoms with Gasteiger partial charge < -0.3 is 20.7 Å². The predicted octanol–water partition coefficient (Wildman–Crippen LogP) is 6.52. The lowest BCUT2D eigenvalue weighted by molar-refractivity contribution is 0.0934. The van der Waals surface area contributed by atoms with Gasteiger partial charge >= 0.3 is 0 Å². The van der Waals surface area contributed by atoms with E-state index in [2.05, 4.69) is 26.2 Å². The van der Waals surface area contributed by atoms with Crippen molar-refractivity contribution < 1.29 is 9.53 Å². The van der Waals surface area contributed by atoms with E-state index in [1.54, 1.807) is 48.5 Å². The Balaban J connectivity index is 1.59. The Morgan fingerprint density at radius 1 is 0.882 bits per heavy atom. The van der Waals surface area contributed by atoms with Gasteiger partial charge in [-0.3, -0.25) is 4.79 Å². The molecule has 0 aromatic heterocycles. The first-order valence-electron chi connectivity index (χ1n) is 9.90. The molecular formula is C23H20Cl3N5O2S. The Bertz CT molecular complexity index is 1140. The fourth-order valence-corrected chi connectivity index (χ4v) is 3.24. The lowest BCUT2D eigenvalue weighted by Gasteiger charge is -2.27. The second-order valence-electron chi connectivity index (χ2n) is 6.86. The van der Waals surface area contributed by atoms with Crippen molar-refractivity contribution in [3.05, 3.63) is 84.4 Å².